The van der Waals surface area contributed by atoms with Crippen molar-refractivity contribution < 1.29 is 0 Å². The van der Waals surface area contributed by atoms with Crippen molar-refractivity contribution in [3.63, 3.8) is 0 Å². The van der Waals surface area contributed by atoms with Gasteiger partial charge in [-0.3, -0.25) is 4.57 Å². The van der Waals surface area contributed by atoms with Gasteiger partial charge in [-0.2, -0.15) is 0 Å². The Balaban J connectivity index is 2.43. The van der Waals surface area contributed by atoms with Crippen LogP contribution in [-0.4, -0.2) is 21.6 Å². The number of aromatic nitrogens is 3. The highest BCUT2D eigenvalue weighted by Crippen LogP contribution is 2.14. The summed E-state index contributed by atoms with van der Waals surface area (Å²) in [4.78, 5) is 9.12. The number of imidazole rings is 1. The molecule has 2 aromatic rings. The molecule has 0 aliphatic rings. The second-order valence-electron chi connectivity index (χ2n) is 4.67. The summed E-state index contributed by atoms with van der Waals surface area (Å²) in [7, 11) is 1.97. The fourth-order valence-corrected chi connectivity index (χ4v) is 2.25. The average molecular weight is 258 g/mol. The number of rotatable bonds is 6. The van der Waals surface area contributed by atoms with E-state index in [1.165, 1.54) is 5.56 Å². The Bertz CT molecular complexity index is 506. The molecule has 102 valence electrons. The summed E-state index contributed by atoms with van der Waals surface area (Å²) in [5.74, 6) is 2.03. The molecule has 4 nitrogen and oxygen atoms in total. The number of hydrogen-bond donors (Lipinski definition) is 1. The van der Waals surface area contributed by atoms with Crippen molar-refractivity contribution in [2.75, 3.05) is 7.05 Å². The van der Waals surface area contributed by atoms with E-state index in [4.69, 9.17) is 4.98 Å². The van der Waals surface area contributed by atoms with E-state index < -0.39 is 0 Å². The van der Waals surface area contributed by atoms with Crippen molar-refractivity contribution in [1.29, 1.82) is 0 Å². The van der Waals surface area contributed by atoms with Gasteiger partial charge >= 0.3 is 0 Å². The highest BCUT2D eigenvalue weighted by Gasteiger charge is 2.07. The molecule has 4 heteroatoms. The van der Waals surface area contributed by atoms with Gasteiger partial charge in [0.2, 0.25) is 0 Å². The van der Waals surface area contributed by atoms with Crippen molar-refractivity contribution in [3.05, 3.63) is 41.6 Å². The highest BCUT2D eigenvalue weighted by molar-refractivity contribution is 5.32. The first-order valence-electron chi connectivity index (χ1n) is 6.95. The third-order valence-corrected chi connectivity index (χ3v) is 3.09. The summed E-state index contributed by atoms with van der Waals surface area (Å²) in [5, 5.41) is 3.20. The van der Waals surface area contributed by atoms with Gasteiger partial charge in [-0.05, 0) is 31.2 Å². The molecule has 0 spiro atoms. The standard InChI is InChI=1S/C15H22N4/c1-4-6-13-9-12(11-16-3)10-15(18-13)19-8-7-17-14(19)5-2/h7-10,16H,4-6,11H2,1-3H3. The van der Waals surface area contributed by atoms with Gasteiger partial charge in [-0.15, -0.1) is 0 Å². The van der Waals surface area contributed by atoms with E-state index in [2.05, 4.69) is 40.8 Å². The summed E-state index contributed by atoms with van der Waals surface area (Å²) in [6, 6.07) is 4.32. The summed E-state index contributed by atoms with van der Waals surface area (Å²) >= 11 is 0. The zero-order chi connectivity index (χ0) is 13.7. The molecule has 0 radical (unpaired) electrons. The maximum Gasteiger partial charge on any atom is 0.138 e. The number of pyridine rings is 1. The van der Waals surface area contributed by atoms with E-state index in [0.717, 1.165) is 43.1 Å². The van der Waals surface area contributed by atoms with E-state index in [9.17, 15) is 0 Å². The molecule has 0 aromatic carbocycles. The van der Waals surface area contributed by atoms with E-state index in [1.807, 2.05) is 19.4 Å². The summed E-state index contributed by atoms with van der Waals surface area (Å²) < 4.78 is 2.08. The van der Waals surface area contributed by atoms with Crippen LogP contribution in [-0.2, 0) is 19.4 Å². The first-order chi connectivity index (χ1) is 9.28. The molecule has 0 saturated carbocycles. The largest absolute Gasteiger partial charge is 0.316 e. The molecule has 0 bridgehead atoms. The fraction of sp³-hybridized carbons (Fsp3) is 0.467. The van der Waals surface area contributed by atoms with Crippen molar-refractivity contribution in [3.8, 4) is 5.82 Å². The highest BCUT2D eigenvalue weighted by atomic mass is 15.1. The molecule has 0 saturated heterocycles. The third kappa shape index (κ3) is 3.20. The normalized spacial score (nSPS) is 10.9. The molecule has 2 rings (SSSR count). The lowest BCUT2D eigenvalue weighted by Crippen LogP contribution is -2.09. The minimum absolute atomic E-state index is 0.863. The molecule has 0 unspecified atom stereocenters. The van der Waals surface area contributed by atoms with E-state index >= 15 is 0 Å². The van der Waals surface area contributed by atoms with Gasteiger partial charge in [-0.25, -0.2) is 9.97 Å². The van der Waals surface area contributed by atoms with Crippen LogP contribution >= 0.6 is 0 Å². The topological polar surface area (TPSA) is 42.7 Å². The van der Waals surface area contributed by atoms with Gasteiger partial charge in [0.1, 0.15) is 11.6 Å². The molecule has 2 heterocycles. The number of aryl methyl sites for hydroxylation is 2. The molecular formula is C15H22N4. The monoisotopic (exact) mass is 258 g/mol. The summed E-state index contributed by atoms with van der Waals surface area (Å²) in [6.07, 6.45) is 6.86. The van der Waals surface area contributed by atoms with Gasteiger partial charge in [0.25, 0.3) is 0 Å². The van der Waals surface area contributed by atoms with Crippen molar-refractivity contribution in [2.45, 2.75) is 39.7 Å². The Labute approximate surface area is 114 Å². The molecule has 1 N–H and O–H groups in total. The van der Waals surface area contributed by atoms with Crippen LogP contribution < -0.4 is 5.32 Å². The van der Waals surface area contributed by atoms with Crippen LogP contribution in [0.5, 0.6) is 0 Å². The minimum Gasteiger partial charge on any atom is -0.316 e. The number of hydrogen-bond acceptors (Lipinski definition) is 3. The first kappa shape index (κ1) is 13.7. The lowest BCUT2D eigenvalue weighted by Gasteiger charge is -2.11. The molecule has 0 aliphatic carbocycles. The maximum atomic E-state index is 4.75. The molecule has 0 aliphatic heterocycles. The van der Waals surface area contributed by atoms with Crippen LogP contribution in [0.3, 0.4) is 0 Å². The average Bonchev–Trinajstić information content (AvgIpc) is 2.87. The first-order valence-corrected chi connectivity index (χ1v) is 6.95. The zero-order valence-corrected chi connectivity index (χ0v) is 12.0. The van der Waals surface area contributed by atoms with Crippen molar-refractivity contribution in [2.24, 2.45) is 0 Å². The second-order valence-corrected chi connectivity index (χ2v) is 4.67. The molecule has 0 atom stereocenters. The maximum absolute atomic E-state index is 4.75. The number of nitrogens with zero attached hydrogens (tertiary/aromatic N) is 3. The van der Waals surface area contributed by atoms with Crippen LogP contribution in [0, 0.1) is 0 Å². The van der Waals surface area contributed by atoms with Crippen LogP contribution in [0.15, 0.2) is 24.5 Å². The van der Waals surface area contributed by atoms with E-state index in [-0.39, 0.29) is 0 Å². The molecular weight excluding hydrogens is 236 g/mol. The van der Waals surface area contributed by atoms with Crippen molar-refractivity contribution >= 4 is 0 Å². The zero-order valence-electron chi connectivity index (χ0n) is 12.0. The summed E-state index contributed by atoms with van der Waals surface area (Å²) in [6.45, 7) is 5.16. The lowest BCUT2D eigenvalue weighted by molar-refractivity contribution is 0.790. The third-order valence-electron chi connectivity index (χ3n) is 3.09. The van der Waals surface area contributed by atoms with Gasteiger partial charge in [0.05, 0.1) is 0 Å². The molecule has 0 fully saturated rings. The van der Waals surface area contributed by atoms with Crippen LogP contribution in [0.4, 0.5) is 0 Å². The SMILES string of the molecule is CCCc1cc(CNC)cc(-n2ccnc2CC)n1. The Kier molecular flexibility index (Phi) is 4.68. The van der Waals surface area contributed by atoms with Crippen molar-refractivity contribution in [1.82, 2.24) is 19.9 Å². The Morgan fingerprint density at radius 1 is 1.26 bits per heavy atom. The van der Waals surface area contributed by atoms with E-state index in [0.29, 0.717) is 0 Å². The molecule has 2 aromatic heterocycles. The lowest BCUT2D eigenvalue weighted by atomic mass is 10.1. The van der Waals surface area contributed by atoms with Crippen LogP contribution in [0.25, 0.3) is 5.82 Å². The second kappa shape index (κ2) is 6.48. The fourth-order valence-electron chi connectivity index (χ4n) is 2.25. The Morgan fingerprint density at radius 3 is 2.79 bits per heavy atom. The van der Waals surface area contributed by atoms with Crippen LogP contribution in [0.2, 0.25) is 0 Å². The minimum atomic E-state index is 0.863. The van der Waals surface area contributed by atoms with Gasteiger partial charge < -0.3 is 5.32 Å². The van der Waals surface area contributed by atoms with Gasteiger partial charge in [0, 0.05) is 31.1 Å². The Morgan fingerprint density at radius 2 is 2.11 bits per heavy atom. The smallest absolute Gasteiger partial charge is 0.138 e. The van der Waals surface area contributed by atoms with Crippen LogP contribution in [0.1, 0.15) is 37.4 Å². The molecule has 19 heavy (non-hydrogen) atoms. The molecule has 0 amide bonds. The predicted molar refractivity (Wildman–Crippen MR) is 77.5 cm³/mol. The predicted octanol–water partition coefficient (Wildman–Crippen LogP) is 2.50. The number of nitrogens with one attached hydrogen (secondary N) is 1. The van der Waals surface area contributed by atoms with Gasteiger partial charge in [0.15, 0.2) is 0 Å². The summed E-state index contributed by atoms with van der Waals surface area (Å²) in [5.41, 5.74) is 2.42. The Hall–Kier alpha value is -1.68. The van der Waals surface area contributed by atoms with Gasteiger partial charge in [-0.1, -0.05) is 20.3 Å². The quantitative estimate of drug-likeness (QED) is 0.865. The van der Waals surface area contributed by atoms with E-state index in [1.54, 1.807) is 0 Å².